The molecule has 0 saturated carbocycles. The molecule has 13 heteroatoms. The van der Waals surface area contributed by atoms with Crippen molar-refractivity contribution in [3.8, 4) is 39.8 Å². The molecule has 0 fully saturated rings. The number of amides is 2. The summed E-state index contributed by atoms with van der Waals surface area (Å²) in [5.74, 6) is -1.94. The van der Waals surface area contributed by atoms with Crippen LogP contribution in [0.5, 0.6) is 11.5 Å². The topological polar surface area (TPSA) is 216 Å². The first-order valence-corrected chi connectivity index (χ1v) is 23.1. The molecule has 2 amide bonds. The number of nitrogens with zero attached hydrogens (tertiary/aromatic N) is 3. The lowest BCUT2D eigenvalue weighted by molar-refractivity contribution is -0.142. The number of carbonyl (C=O) groups is 4. The van der Waals surface area contributed by atoms with Gasteiger partial charge in [0.05, 0.1) is 17.7 Å². The second kappa shape index (κ2) is 23.6. The third-order valence-corrected chi connectivity index (χ3v) is 12.3. The van der Waals surface area contributed by atoms with Crippen molar-refractivity contribution in [1.29, 1.82) is 5.26 Å². The molecule has 6 rings (SSSR count). The number of fused-ring (bicyclic) bond motifs is 5. The van der Waals surface area contributed by atoms with Crippen LogP contribution < -0.4 is 32.0 Å². The molecule has 0 saturated heterocycles. The summed E-state index contributed by atoms with van der Waals surface area (Å²) in [4.78, 5) is 63.6. The van der Waals surface area contributed by atoms with Crippen LogP contribution in [0, 0.1) is 23.2 Å². The average Bonchev–Trinajstić information content (AvgIpc) is 3.83. The lowest BCUT2D eigenvalue weighted by Crippen LogP contribution is -2.45. The van der Waals surface area contributed by atoms with Crippen LogP contribution in [0.25, 0.3) is 22.3 Å². The van der Waals surface area contributed by atoms with Crippen LogP contribution in [-0.4, -0.2) is 79.9 Å². The van der Waals surface area contributed by atoms with Crippen molar-refractivity contribution in [2.75, 3.05) is 39.9 Å². The molecule has 66 heavy (non-hydrogen) atoms. The van der Waals surface area contributed by atoms with Gasteiger partial charge in [0.15, 0.2) is 11.6 Å². The zero-order valence-electron chi connectivity index (χ0n) is 38.4. The summed E-state index contributed by atoms with van der Waals surface area (Å²) in [6, 6.07) is 27.3. The minimum absolute atomic E-state index is 0.0895. The van der Waals surface area contributed by atoms with E-state index in [1.165, 1.54) is 16.7 Å². The number of carbonyl (C=O) groups excluding carboxylic acids is 4. The van der Waals surface area contributed by atoms with E-state index in [1.807, 2.05) is 36.4 Å². The number of aryl methyl sites for hydroxylation is 1. The van der Waals surface area contributed by atoms with Crippen LogP contribution in [0.3, 0.4) is 0 Å². The molecule has 7 N–H and O–H groups in total. The van der Waals surface area contributed by atoms with Crippen LogP contribution in [0.4, 0.5) is 0 Å². The van der Waals surface area contributed by atoms with Gasteiger partial charge in [-0.2, -0.15) is 5.26 Å². The number of benzene rings is 4. The van der Waals surface area contributed by atoms with E-state index >= 15 is 0 Å². The van der Waals surface area contributed by atoms with E-state index in [9.17, 15) is 24.4 Å². The number of likely N-dealkylation sites (N-methyl/N-ethyl adjacent to an activating group) is 1. The molecule has 4 aromatic rings. The third-order valence-electron chi connectivity index (χ3n) is 12.3. The van der Waals surface area contributed by atoms with Gasteiger partial charge < -0.3 is 36.9 Å². The van der Waals surface area contributed by atoms with Gasteiger partial charge in [-0.25, -0.2) is 0 Å². The highest BCUT2D eigenvalue weighted by Crippen LogP contribution is 2.41. The predicted molar refractivity (Wildman–Crippen MR) is 258 cm³/mol. The van der Waals surface area contributed by atoms with E-state index in [0.717, 1.165) is 36.0 Å². The summed E-state index contributed by atoms with van der Waals surface area (Å²) in [7, 11) is 1.57. The van der Waals surface area contributed by atoms with Crippen molar-refractivity contribution in [3.05, 3.63) is 119 Å². The number of Topliss-reactive ketones (excluding diaryl/α,β-unsaturated/α-hetero) is 2. The second-order valence-electron chi connectivity index (χ2n) is 17.2. The highest BCUT2D eigenvalue weighted by Gasteiger charge is 2.36. The number of ketones is 2. The van der Waals surface area contributed by atoms with Crippen molar-refractivity contribution >= 4 is 29.1 Å². The van der Waals surface area contributed by atoms with E-state index in [1.54, 1.807) is 38.2 Å². The standard InChI is InChI=1S/C53H63N7O6/c1-4-5-7-35-9-12-38(13-10-35)39-14-16-40(17-15-39)47(61)31-42(8-6-21-54)53(64)60(3)51-41-18-20-50(66-25-23-56)44(30-41)43-27-36(11-19-49(43)65-24-22-55)28-46(45-29-37(32-57)33-58-45)59-52(63)34(2)26-48(51)62/h9-20,27,30,33-34,42,46,51H,4-8,21-26,28-29,31,54-56H2,1-3H3,(H,59,63)/t34-,42-,46+,51+/m1/s1. The van der Waals surface area contributed by atoms with Gasteiger partial charge in [-0.3, -0.25) is 24.2 Å². The van der Waals surface area contributed by atoms with E-state index in [-0.39, 0.29) is 63.0 Å². The Morgan fingerprint density at radius 2 is 1.52 bits per heavy atom. The number of nitriles is 1. The van der Waals surface area contributed by atoms with E-state index in [0.29, 0.717) is 70.8 Å². The number of rotatable bonds is 19. The molecule has 4 aromatic carbocycles. The lowest BCUT2D eigenvalue weighted by atomic mass is 9.87. The summed E-state index contributed by atoms with van der Waals surface area (Å²) >= 11 is 0. The molecule has 2 aliphatic rings. The fraction of sp³-hybridized carbons (Fsp3) is 0.396. The van der Waals surface area contributed by atoms with E-state index in [2.05, 4.69) is 47.6 Å². The van der Waals surface area contributed by atoms with Crippen LogP contribution in [0.1, 0.15) is 91.9 Å². The molecular weight excluding hydrogens is 831 g/mol. The Morgan fingerprint density at radius 1 is 0.864 bits per heavy atom. The molecule has 4 atom stereocenters. The number of unbranched alkanes of at least 4 members (excludes halogenated alkanes) is 1. The maximum absolute atomic E-state index is 14.9. The minimum Gasteiger partial charge on any atom is -0.492 e. The fourth-order valence-electron chi connectivity index (χ4n) is 8.62. The maximum Gasteiger partial charge on any atom is 0.226 e. The van der Waals surface area contributed by atoms with Crippen molar-refractivity contribution in [1.82, 2.24) is 10.2 Å². The number of hydrogen-bond acceptors (Lipinski definition) is 11. The number of ether oxygens (including phenoxy) is 2. The van der Waals surface area contributed by atoms with Gasteiger partial charge in [-0.05, 0) is 90.7 Å². The van der Waals surface area contributed by atoms with Crippen LogP contribution in [-0.2, 0) is 27.2 Å². The van der Waals surface area contributed by atoms with Crippen LogP contribution in [0.15, 0.2) is 102 Å². The molecule has 0 spiro atoms. The molecule has 0 aliphatic carbocycles. The third kappa shape index (κ3) is 12.2. The number of hydrogen-bond donors (Lipinski definition) is 4. The fourth-order valence-corrected chi connectivity index (χ4v) is 8.62. The summed E-state index contributed by atoms with van der Waals surface area (Å²) in [6.07, 6.45) is 5.95. The van der Waals surface area contributed by atoms with Crippen LogP contribution >= 0.6 is 0 Å². The summed E-state index contributed by atoms with van der Waals surface area (Å²) in [5, 5.41) is 12.7. The predicted octanol–water partition coefficient (Wildman–Crippen LogP) is 7.05. The van der Waals surface area contributed by atoms with E-state index < -0.39 is 29.8 Å². The first kappa shape index (κ1) is 49.0. The monoisotopic (exact) mass is 893 g/mol. The summed E-state index contributed by atoms with van der Waals surface area (Å²) in [5.41, 5.74) is 25.2. The quantitative estimate of drug-likeness (QED) is 0.0704. The van der Waals surface area contributed by atoms with Crippen molar-refractivity contribution < 1.29 is 28.7 Å². The second-order valence-corrected chi connectivity index (χ2v) is 17.2. The Labute approximate surface area is 388 Å². The molecule has 0 unspecified atom stereocenters. The molecule has 0 radical (unpaired) electrons. The zero-order valence-corrected chi connectivity index (χ0v) is 38.4. The molecular formula is C53H63N7O6. The Morgan fingerprint density at radius 3 is 2.14 bits per heavy atom. The van der Waals surface area contributed by atoms with Crippen molar-refractivity contribution in [2.24, 2.45) is 34.0 Å². The van der Waals surface area contributed by atoms with Gasteiger partial charge in [-0.15, -0.1) is 0 Å². The zero-order chi connectivity index (χ0) is 47.2. The first-order chi connectivity index (χ1) is 32.0. The SMILES string of the molecule is CCCCc1ccc(-c2ccc(C(=O)C[C@@H](CCCN)C(=O)N(C)[C@@H]3C(=O)C[C@@H](C)C(=O)N[C@H](C4=NC=C(C#N)C4)Cc4ccc(OCCN)c(c4)-c4cc3ccc4OCCN)cc2)cc1. The largest absolute Gasteiger partial charge is 0.492 e. The molecule has 13 nitrogen and oxygen atoms in total. The summed E-state index contributed by atoms with van der Waals surface area (Å²) in [6.45, 7) is 5.10. The number of nitrogens with two attached hydrogens (primary N) is 3. The van der Waals surface area contributed by atoms with Crippen molar-refractivity contribution in [3.63, 3.8) is 0 Å². The summed E-state index contributed by atoms with van der Waals surface area (Å²) < 4.78 is 12.4. The molecule has 2 aliphatic heterocycles. The molecule has 346 valence electrons. The maximum atomic E-state index is 14.9. The normalized spacial score (nSPS) is 17.7. The Balaban J connectivity index is 1.36. The molecule has 0 aromatic heterocycles. The van der Waals surface area contributed by atoms with Gasteiger partial charge >= 0.3 is 0 Å². The Bertz CT molecular complexity index is 2460. The minimum atomic E-state index is -1.16. The highest BCUT2D eigenvalue weighted by molar-refractivity contribution is 6.01. The Hall–Kier alpha value is -6.46. The number of allylic oxidation sites excluding steroid dienone is 1. The van der Waals surface area contributed by atoms with Gasteiger partial charge in [-0.1, -0.05) is 80.9 Å². The van der Waals surface area contributed by atoms with Crippen molar-refractivity contribution in [2.45, 2.75) is 83.7 Å². The highest BCUT2D eigenvalue weighted by atomic mass is 16.5. The average molecular weight is 894 g/mol. The smallest absolute Gasteiger partial charge is 0.226 e. The molecule has 2 heterocycles. The van der Waals surface area contributed by atoms with Crippen LogP contribution in [0.2, 0.25) is 0 Å². The van der Waals surface area contributed by atoms with Gasteiger partial charge in [0, 0.05) is 79.8 Å². The first-order valence-electron chi connectivity index (χ1n) is 23.1. The van der Waals surface area contributed by atoms with E-state index in [4.69, 9.17) is 26.7 Å². The lowest BCUT2D eigenvalue weighted by Gasteiger charge is -2.32. The number of nitrogens with one attached hydrogen (secondary N) is 1. The Kier molecular flexibility index (Phi) is 17.5. The van der Waals surface area contributed by atoms with Gasteiger partial charge in [0.25, 0.3) is 0 Å². The van der Waals surface area contributed by atoms with Gasteiger partial charge in [0.1, 0.15) is 30.8 Å². The van der Waals surface area contributed by atoms with Gasteiger partial charge in [0.2, 0.25) is 11.8 Å². The number of aliphatic imine (C=N–C) groups is 1. The molecule has 4 bridgehead atoms.